The maximum Gasteiger partial charge on any atom is 0.417 e. The van der Waals surface area contributed by atoms with Gasteiger partial charge >= 0.3 is 6.18 Å². The molecule has 8 heteroatoms. The molecule has 5 nitrogen and oxygen atoms in total. The van der Waals surface area contributed by atoms with Crippen molar-refractivity contribution in [3.63, 3.8) is 0 Å². The average molecular weight is 325 g/mol. The minimum atomic E-state index is -4.53. The van der Waals surface area contributed by atoms with Gasteiger partial charge in [0.15, 0.2) is 5.78 Å². The number of fused-ring (bicyclic) bond motifs is 3. The number of anilines is 1. The van der Waals surface area contributed by atoms with Gasteiger partial charge < -0.3 is 9.80 Å². The molecule has 122 valence electrons. The van der Waals surface area contributed by atoms with Gasteiger partial charge in [0.05, 0.1) is 17.2 Å². The van der Waals surface area contributed by atoms with Crippen LogP contribution >= 0.6 is 0 Å². The molecule has 0 unspecified atom stereocenters. The summed E-state index contributed by atoms with van der Waals surface area (Å²) in [5.74, 6) is -0.332. The number of carbonyl (C=O) groups is 2. The van der Waals surface area contributed by atoms with Crippen molar-refractivity contribution < 1.29 is 22.8 Å². The van der Waals surface area contributed by atoms with Crippen LogP contribution in [0.15, 0.2) is 24.9 Å². The Balaban J connectivity index is 1.92. The summed E-state index contributed by atoms with van der Waals surface area (Å²) in [5.41, 5.74) is -0.928. The molecule has 0 aliphatic carbocycles. The largest absolute Gasteiger partial charge is 0.417 e. The van der Waals surface area contributed by atoms with Crippen LogP contribution in [0.3, 0.4) is 0 Å². The SMILES string of the molecule is C=CC(=O)N1CCN2c3ncc(C(F)(F)F)cc3C(=O)C[C@@H]2C1. The second kappa shape index (κ2) is 5.36. The normalized spacial score (nSPS) is 20.8. The molecule has 1 aromatic heterocycles. The van der Waals surface area contributed by atoms with Crippen LogP contribution in [0.5, 0.6) is 0 Å². The first-order valence-corrected chi connectivity index (χ1v) is 7.09. The van der Waals surface area contributed by atoms with Crippen LogP contribution in [0.1, 0.15) is 22.3 Å². The van der Waals surface area contributed by atoms with Crippen LogP contribution in [0, 0.1) is 0 Å². The molecule has 1 atom stereocenters. The van der Waals surface area contributed by atoms with E-state index in [1.54, 1.807) is 4.90 Å². The lowest BCUT2D eigenvalue weighted by molar-refractivity contribution is -0.137. The number of halogens is 3. The molecule has 0 bridgehead atoms. The molecule has 2 aliphatic rings. The van der Waals surface area contributed by atoms with E-state index in [-0.39, 0.29) is 35.5 Å². The summed E-state index contributed by atoms with van der Waals surface area (Å²) in [6, 6.07) is 0.596. The molecular weight excluding hydrogens is 311 g/mol. The van der Waals surface area contributed by atoms with Gasteiger partial charge in [-0.25, -0.2) is 4.98 Å². The van der Waals surface area contributed by atoms with E-state index >= 15 is 0 Å². The fourth-order valence-corrected chi connectivity index (χ4v) is 3.01. The number of Topliss-reactive ketones (excluding diaryl/α,β-unsaturated/α-hetero) is 1. The molecule has 0 saturated carbocycles. The number of carbonyl (C=O) groups excluding carboxylic acids is 2. The Morgan fingerprint density at radius 2 is 2.13 bits per heavy atom. The van der Waals surface area contributed by atoms with E-state index < -0.39 is 11.7 Å². The Morgan fingerprint density at radius 1 is 1.39 bits per heavy atom. The van der Waals surface area contributed by atoms with E-state index in [0.717, 1.165) is 12.3 Å². The van der Waals surface area contributed by atoms with Crippen molar-refractivity contribution in [2.24, 2.45) is 0 Å². The van der Waals surface area contributed by atoms with E-state index in [0.29, 0.717) is 19.6 Å². The van der Waals surface area contributed by atoms with Gasteiger partial charge in [0.2, 0.25) is 5.91 Å². The summed E-state index contributed by atoms with van der Waals surface area (Å²) >= 11 is 0. The molecule has 0 aromatic carbocycles. The van der Waals surface area contributed by atoms with E-state index in [2.05, 4.69) is 11.6 Å². The molecule has 1 fully saturated rings. The molecule has 0 radical (unpaired) electrons. The average Bonchev–Trinajstić information content (AvgIpc) is 2.52. The highest BCUT2D eigenvalue weighted by atomic mass is 19.4. The Bertz CT molecular complexity index is 687. The quantitative estimate of drug-likeness (QED) is 0.740. The Labute approximate surface area is 130 Å². The third kappa shape index (κ3) is 2.69. The molecule has 23 heavy (non-hydrogen) atoms. The highest BCUT2D eigenvalue weighted by Gasteiger charge is 2.39. The maximum atomic E-state index is 12.8. The maximum absolute atomic E-state index is 12.8. The minimum Gasteiger partial charge on any atom is -0.349 e. The zero-order valence-electron chi connectivity index (χ0n) is 12.1. The number of nitrogens with zero attached hydrogens (tertiary/aromatic N) is 3. The van der Waals surface area contributed by atoms with Gasteiger partial charge in [-0.3, -0.25) is 9.59 Å². The summed E-state index contributed by atoms with van der Waals surface area (Å²) in [6.45, 7) is 4.60. The van der Waals surface area contributed by atoms with Crippen LogP contribution in [0.4, 0.5) is 19.0 Å². The smallest absolute Gasteiger partial charge is 0.349 e. The molecule has 0 spiro atoms. The van der Waals surface area contributed by atoms with Gasteiger partial charge in [0.1, 0.15) is 5.82 Å². The summed E-state index contributed by atoms with van der Waals surface area (Å²) in [6.07, 6.45) is -2.51. The number of ketones is 1. The Kier molecular flexibility index (Phi) is 3.62. The monoisotopic (exact) mass is 325 g/mol. The lowest BCUT2D eigenvalue weighted by Gasteiger charge is -2.44. The van der Waals surface area contributed by atoms with E-state index in [4.69, 9.17) is 0 Å². The first-order chi connectivity index (χ1) is 10.8. The standard InChI is InChI=1S/C15H14F3N3O2/c1-2-13(23)20-3-4-21-10(8-20)6-12(22)11-5-9(15(16,17)18)7-19-14(11)21/h2,5,7,10H,1,3-4,6,8H2/t10-/m1/s1. The van der Waals surface area contributed by atoms with Crippen molar-refractivity contribution in [1.82, 2.24) is 9.88 Å². The summed E-state index contributed by atoms with van der Waals surface area (Å²) in [5, 5.41) is 0. The number of aromatic nitrogens is 1. The van der Waals surface area contributed by atoms with Gasteiger partial charge in [-0.2, -0.15) is 13.2 Å². The van der Waals surface area contributed by atoms with Crippen molar-refractivity contribution in [2.75, 3.05) is 24.5 Å². The number of piperazine rings is 1. The summed E-state index contributed by atoms with van der Waals surface area (Å²) in [7, 11) is 0. The Morgan fingerprint density at radius 3 is 2.78 bits per heavy atom. The van der Waals surface area contributed by atoms with Crippen LogP contribution < -0.4 is 4.90 Å². The van der Waals surface area contributed by atoms with Crippen molar-refractivity contribution in [1.29, 1.82) is 0 Å². The van der Waals surface area contributed by atoms with Gasteiger partial charge in [0, 0.05) is 32.3 Å². The molecule has 3 rings (SSSR count). The molecule has 3 heterocycles. The lowest BCUT2D eigenvalue weighted by atomic mass is 9.94. The number of pyridine rings is 1. The first-order valence-electron chi connectivity index (χ1n) is 7.09. The lowest BCUT2D eigenvalue weighted by Crippen LogP contribution is -2.57. The predicted molar refractivity (Wildman–Crippen MR) is 76.1 cm³/mol. The van der Waals surface area contributed by atoms with E-state index in [9.17, 15) is 22.8 Å². The van der Waals surface area contributed by atoms with Crippen LogP contribution in [-0.2, 0) is 11.0 Å². The van der Waals surface area contributed by atoms with Crippen LogP contribution in [0.25, 0.3) is 0 Å². The Hall–Kier alpha value is -2.38. The van der Waals surface area contributed by atoms with Gasteiger partial charge in [-0.05, 0) is 12.1 Å². The van der Waals surface area contributed by atoms with E-state index in [1.807, 2.05) is 4.90 Å². The minimum absolute atomic E-state index is 0.000396. The van der Waals surface area contributed by atoms with Crippen molar-refractivity contribution >= 4 is 17.5 Å². The van der Waals surface area contributed by atoms with Gasteiger partial charge in [0.25, 0.3) is 0 Å². The fraction of sp³-hybridized carbons (Fsp3) is 0.400. The van der Waals surface area contributed by atoms with E-state index in [1.165, 1.54) is 6.08 Å². The molecule has 1 aromatic rings. The summed E-state index contributed by atoms with van der Waals surface area (Å²) < 4.78 is 38.3. The number of amides is 1. The molecule has 0 N–H and O–H groups in total. The molecule has 1 saturated heterocycles. The van der Waals surface area contributed by atoms with Crippen molar-refractivity contribution in [3.8, 4) is 0 Å². The zero-order chi connectivity index (χ0) is 16.8. The molecule has 1 amide bonds. The van der Waals surface area contributed by atoms with Crippen molar-refractivity contribution in [3.05, 3.63) is 36.0 Å². The number of hydrogen-bond donors (Lipinski definition) is 0. The zero-order valence-corrected chi connectivity index (χ0v) is 12.1. The van der Waals surface area contributed by atoms with Gasteiger partial charge in [-0.15, -0.1) is 0 Å². The fourth-order valence-electron chi connectivity index (χ4n) is 3.01. The topological polar surface area (TPSA) is 53.5 Å². The van der Waals surface area contributed by atoms with Gasteiger partial charge in [-0.1, -0.05) is 6.58 Å². The highest BCUT2D eigenvalue weighted by Crippen LogP contribution is 2.35. The molecular formula is C15H14F3N3O2. The van der Waals surface area contributed by atoms with Crippen LogP contribution in [-0.4, -0.2) is 47.3 Å². The summed E-state index contributed by atoms with van der Waals surface area (Å²) in [4.78, 5) is 31.2. The third-order valence-corrected chi connectivity index (χ3v) is 4.16. The second-order valence-electron chi connectivity index (χ2n) is 5.56. The number of alkyl halides is 3. The first kappa shape index (κ1) is 15.5. The molecule has 2 aliphatic heterocycles. The number of hydrogen-bond acceptors (Lipinski definition) is 4. The third-order valence-electron chi connectivity index (χ3n) is 4.16. The van der Waals surface area contributed by atoms with Crippen LogP contribution in [0.2, 0.25) is 0 Å². The number of rotatable bonds is 1. The predicted octanol–water partition coefficient (Wildman–Crippen LogP) is 1.89. The highest BCUT2D eigenvalue weighted by molar-refractivity contribution is 6.03. The second-order valence-corrected chi connectivity index (χ2v) is 5.56. The van der Waals surface area contributed by atoms with Crippen molar-refractivity contribution in [2.45, 2.75) is 18.6 Å².